The number of hydrogen-bond donors (Lipinski definition) is 0. The molecule has 282 valence electrons. The first-order chi connectivity index (χ1) is 29.8. The highest BCUT2D eigenvalue weighted by Crippen LogP contribution is 2.46. The fourth-order valence-corrected chi connectivity index (χ4v) is 8.99. The van der Waals surface area contributed by atoms with E-state index < -0.39 is 0 Å². The van der Waals surface area contributed by atoms with E-state index in [9.17, 15) is 0 Å². The molecule has 0 unspecified atom stereocenters. The molecule has 1 aromatic heterocycles. The molecule has 0 saturated heterocycles. The average Bonchev–Trinajstić information content (AvgIpc) is 3.66. The maximum absolute atomic E-state index is 2.45. The number of rotatable bonds is 8. The van der Waals surface area contributed by atoms with Crippen molar-refractivity contribution in [1.82, 2.24) is 4.57 Å². The summed E-state index contributed by atoms with van der Waals surface area (Å²) in [5.74, 6) is 0. The number of benzene rings is 10. The molecule has 60 heavy (non-hydrogen) atoms. The first-order valence-electron chi connectivity index (χ1n) is 20.6. The van der Waals surface area contributed by atoms with Crippen LogP contribution in [-0.2, 0) is 0 Å². The molecule has 2 heteroatoms. The molecule has 0 aliphatic heterocycles. The van der Waals surface area contributed by atoms with Crippen LogP contribution < -0.4 is 4.90 Å². The third kappa shape index (κ3) is 6.23. The van der Waals surface area contributed by atoms with Crippen LogP contribution in [0.4, 0.5) is 17.1 Å². The standard InChI is InChI=1S/C58H40N2/c1-5-17-41(18-6-1)46-31-36-50(54(39-46)42-19-7-2-8-20-42)44-29-33-48(34-30-44)59(56-38-32-43-21-13-14-26-51(43)58(56)45-22-9-3-10-23-45)49-35-37-53-52-27-15-16-28-55(52)60(57(53)40-49)47-24-11-4-12-25-47/h1-40H. The van der Waals surface area contributed by atoms with E-state index in [1.807, 2.05) is 0 Å². The van der Waals surface area contributed by atoms with Gasteiger partial charge < -0.3 is 9.47 Å². The van der Waals surface area contributed by atoms with Crippen LogP contribution in [-0.4, -0.2) is 4.57 Å². The summed E-state index contributed by atoms with van der Waals surface area (Å²) in [6.07, 6.45) is 0. The first kappa shape index (κ1) is 35.2. The van der Waals surface area contributed by atoms with E-state index in [1.54, 1.807) is 0 Å². The van der Waals surface area contributed by atoms with Crippen molar-refractivity contribution < 1.29 is 0 Å². The number of aromatic nitrogens is 1. The van der Waals surface area contributed by atoms with Gasteiger partial charge in [-0.15, -0.1) is 0 Å². The van der Waals surface area contributed by atoms with Crippen molar-refractivity contribution in [2.24, 2.45) is 0 Å². The minimum absolute atomic E-state index is 1.08. The van der Waals surface area contributed by atoms with E-state index in [0.29, 0.717) is 0 Å². The summed E-state index contributed by atoms with van der Waals surface area (Å²) in [4.78, 5) is 2.45. The lowest BCUT2D eigenvalue weighted by atomic mass is 9.91. The number of nitrogens with zero attached hydrogens (tertiary/aromatic N) is 2. The zero-order valence-corrected chi connectivity index (χ0v) is 33.0. The van der Waals surface area contributed by atoms with E-state index in [0.717, 1.165) is 28.3 Å². The van der Waals surface area contributed by atoms with Crippen LogP contribution in [0.1, 0.15) is 0 Å². The molecule has 11 rings (SSSR count). The Labute approximate surface area is 350 Å². The molecule has 0 amide bonds. The lowest BCUT2D eigenvalue weighted by Gasteiger charge is -2.29. The number of fused-ring (bicyclic) bond motifs is 4. The van der Waals surface area contributed by atoms with E-state index in [4.69, 9.17) is 0 Å². The van der Waals surface area contributed by atoms with Crippen molar-refractivity contribution in [3.63, 3.8) is 0 Å². The molecule has 0 saturated carbocycles. The largest absolute Gasteiger partial charge is 0.310 e. The molecule has 0 N–H and O–H groups in total. The summed E-state index contributed by atoms with van der Waals surface area (Å²) in [6.45, 7) is 0. The molecule has 11 aromatic rings. The summed E-state index contributed by atoms with van der Waals surface area (Å²) in [5, 5.41) is 4.89. The quantitative estimate of drug-likeness (QED) is 0.150. The van der Waals surface area contributed by atoms with E-state index in [-0.39, 0.29) is 0 Å². The van der Waals surface area contributed by atoms with Gasteiger partial charge >= 0.3 is 0 Å². The Morgan fingerprint density at radius 2 is 0.850 bits per heavy atom. The highest BCUT2D eigenvalue weighted by molar-refractivity contribution is 6.11. The lowest BCUT2D eigenvalue weighted by Crippen LogP contribution is -2.11. The highest BCUT2D eigenvalue weighted by atomic mass is 15.1. The Morgan fingerprint density at radius 3 is 1.58 bits per heavy atom. The number of hydrogen-bond acceptors (Lipinski definition) is 1. The second-order valence-electron chi connectivity index (χ2n) is 15.3. The summed E-state index contributed by atoms with van der Waals surface area (Å²) in [5.41, 5.74) is 16.3. The molecule has 1 heterocycles. The van der Waals surface area contributed by atoms with Crippen LogP contribution in [0.25, 0.3) is 82.8 Å². The average molecular weight is 765 g/mol. The smallest absolute Gasteiger partial charge is 0.0561 e. The minimum atomic E-state index is 1.08. The van der Waals surface area contributed by atoms with Crippen LogP contribution in [0.3, 0.4) is 0 Å². The SMILES string of the molecule is c1ccc(-c2ccc(-c3ccc(N(c4ccc5c6ccccc6n(-c6ccccc6)c5c4)c4ccc5ccccc5c4-c4ccccc4)cc3)c(-c3ccccc3)c2)cc1. The lowest BCUT2D eigenvalue weighted by molar-refractivity contribution is 1.18. The fraction of sp³-hybridized carbons (Fsp3) is 0. The molecular weight excluding hydrogens is 725 g/mol. The van der Waals surface area contributed by atoms with Gasteiger partial charge in [-0.25, -0.2) is 0 Å². The van der Waals surface area contributed by atoms with E-state index >= 15 is 0 Å². The maximum atomic E-state index is 2.45. The molecule has 0 aliphatic rings. The summed E-state index contributed by atoms with van der Waals surface area (Å²) in [7, 11) is 0. The van der Waals surface area contributed by atoms with Crippen LogP contribution in [0.2, 0.25) is 0 Å². The number of anilines is 3. The Balaban J connectivity index is 1.13. The van der Waals surface area contributed by atoms with Crippen LogP contribution in [0.5, 0.6) is 0 Å². The second kappa shape index (κ2) is 15.1. The Kier molecular flexibility index (Phi) is 8.87. The van der Waals surface area contributed by atoms with Crippen LogP contribution >= 0.6 is 0 Å². The third-order valence-electron chi connectivity index (χ3n) is 11.8. The molecule has 2 nitrogen and oxygen atoms in total. The Bertz CT molecular complexity index is 3280. The summed E-state index contributed by atoms with van der Waals surface area (Å²) >= 11 is 0. The van der Waals surface area contributed by atoms with Crippen LogP contribution in [0.15, 0.2) is 243 Å². The van der Waals surface area contributed by atoms with Crippen molar-refractivity contribution in [3.8, 4) is 50.2 Å². The van der Waals surface area contributed by atoms with Crippen molar-refractivity contribution in [2.75, 3.05) is 4.90 Å². The van der Waals surface area contributed by atoms with Crippen molar-refractivity contribution in [1.29, 1.82) is 0 Å². The van der Waals surface area contributed by atoms with Gasteiger partial charge in [-0.05, 0) is 104 Å². The Hall–Kier alpha value is -7.94. The summed E-state index contributed by atoms with van der Waals surface area (Å²) < 4.78 is 2.40. The van der Waals surface area contributed by atoms with E-state index in [2.05, 4.69) is 252 Å². The van der Waals surface area contributed by atoms with Crippen molar-refractivity contribution in [2.45, 2.75) is 0 Å². The van der Waals surface area contributed by atoms with Gasteiger partial charge in [0.25, 0.3) is 0 Å². The van der Waals surface area contributed by atoms with Gasteiger partial charge in [0, 0.05) is 33.4 Å². The normalized spacial score (nSPS) is 11.3. The van der Waals surface area contributed by atoms with Crippen LogP contribution in [0, 0.1) is 0 Å². The maximum Gasteiger partial charge on any atom is 0.0561 e. The predicted octanol–water partition coefficient (Wildman–Crippen LogP) is 16.1. The molecule has 0 aliphatic carbocycles. The van der Waals surface area contributed by atoms with Gasteiger partial charge in [-0.1, -0.05) is 188 Å². The van der Waals surface area contributed by atoms with Gasteiger partial charge in [0.1, 0.15) is 0 Å². The monoisotopic (exact) mass is 764 g/mol. The molecular formula is C58H40N2. The predicted molar refractivity (Wildman–Crippen MR) is 255 cm³/mol. The topological polar surface area (TPSA) is 8.17 Å². The van der Waals surface area contributed by atoms with Gasteiger partial charge in [0.15, 0.2) is 0 Å². The summed E-state index contributed by atoms with van der Waals surface area (Å²) in [6, 6.07) is 87.9. The zero-order valence-electron chi connectivity index (χ0n) is 33.0. The highest BCUT2D eigenvalue weighted by Gasteiger charge is 2.22. The van der Waals surface area contributed by atoms with Gasteiger partial charge in [-0.2, -0.15) is 0 Å². The van der Waals surface area contributed by atoms with Gasteiger partial charge in [-0.3, -0.25) is 0 Å². The minimum Gasteiger partial charge on any atom is -0.310 e. The zero-order chi connectivity index (χ0) is 39.8. The van der Waals surface area contributed by atoms with Crippen molar-refractivity contribution >= 4 is 49.6 Å². The molecule has 0 atom stereocenters. The Morgan fingerprint density at radius 1 is 0.300 bits per heavy atom. The fourth-order valence-electron chi connectivity index (χ4n) is 8.99. The molecule has 10 aromatic carbocycles. The second-order valence-corrected chi connectivity index (χ2v) is 15.3. The third-order valence-corrected chi connectivity index (χ3v) is 11.8. The molecule has 0 fully saturated rings. The van der Waals surface area contributed by atoms with Gasteiger partial charge in [0.05, 0.1) is 16.7 Å². The van der Waals surface area contributed by atoms with E-state index in [1.165, 1.54) is 71.6 Å². The number of para-hydroxylation sites is 2. The first-order valence-corrected chi connectivity index (χ1v) is 20.6. The van der Waals surface area contributed by atoms with Crippen molar-refractivity contribution in [3.05, 3.63) is 243 Å². The molecule has 0 bridgehead atoms. The molecule has 0 spiro atoms. The van der Waals surface area contributed by atoms with Gasteiger partial charge in [0.2, 0.25) is 0 Å². The molecule has 0 radical (unpaired) electrons.